The molecule has 33 heavy (non-hydrogen) atoms. The molecule has 1 fully saturated rings. The second kappa shape index (κ2) is 8.44. The van der Waals surface area contributed by atoms with E-state index < -0.39 is 24.3 Å². The Kier molecular flexibility index (Phi) is 5.94. The predicted molar refractivity (Wildman–Crippen MR) is 136 cm³/mol. The van der Waals surface area contributed by atoms with Crippen LogP contribution in [0, 0.1) is 6.92 Å². The number of carbonyl (C=O) groups excluding carboxylic acids is 1. The monoisotopic (exact) mass is 478 g/mol. The molecule has 0 aliphatic carbocycles. The van der Waals surface area contributed by atoms with Crippen LogP contribution in [0.25, 0.3) is 0 Å². The summed E-state index contributed by atoms with van der Waals surface area (Å²) >= 11 is 5.81. The lowest BCUT2D eigenvalue weighted by Gasteiger charge is -2.46. The molecular formula is C26H27N2O3PS. The molecule has 1 aliphatic heterocycles. The summed E-state index contributed by atoms with van der Waals surface area (Å²) in [6.45, 7) is 5.66. The van der Waals surface area contributed by atoms with Crippen LogP contribution in [0.1, 0.15) is 25.0 Å². The van der Waals surface area contributed by atoms with E-state index in [0.717, 1.165) is 11.1 Å². The van der Waals surface area contributed by atoms with Gasteiger partial charge in [-0.3, -0.25) is 9.24 Å². The third-order valence-electron chi connectivity index (χ3n) is 6.65. The Bertz CT molecular complexity index is 1190. The highest BCUT2D eigenvalue weighted by atomic mass is 32.1. The van der Waals surface area contributed by atoms with Gasteiger partial charge in [-0.1, -0.05) is 66.2 Å². The minimum absolute atomic E-state index is 0.238. The molecule has 0 amide bonds. The summed E-state index contributed by atoms with van der Waals surface area (Å²) in [5.41, 5.74) is -0.517. The Morgan fingerprint density at radius 2 is 1.39 bits per heavy atom. The first-order valence-corrected chi connectivity index (χ1v) is 12.8. The van der Waals surface area contributed by atoms with Crippen LogP contribution in [0.2, 0.25) is 0 Å². The molecule has 0 unspecified atom stereocenters. The van der Waals surface area contributed by atoms with Crippen molar-refractivity contribution in [3.05, 3.63) is 96.1 Å². The number of methoxy groups -OCH3 is 1. The summed E-state index contributed by atoms with van der Waals surface area (Å²) in [5.74, 6) is -0.483. The molecule has 1 aliphatic rings. The Hall–Kier alpha value is -2.95. The number of hydrogen-bond donors (Lipinski definition) is 1. The molecule has 0 saturated carbocycles. The van der Waals surface area contributed by atoms with Crippen LogP contribution < -0.4 is 15.9 Å². The number of hydrogen-bond acceptors (Lipinski definition) is 4. The molecule has 7 heteroatoms. The van der Waals surface area contributed by atoms with Gasteiger partial charge in [-0.2, -0.15) is 0 Å². The quantitative estimate of drug-likeness (QED) is 0.336. The number of benzene rings is 3. The van der Waals surface area contributed by atoms with Crippen molar-refractivity contribution in [3.63, 3.8) is 0 Å². The van der Waals surface area contributed by atoms with Crippen LogP contribution in [0.3, 0.4) is 0 Å². The fourth-order valence-corrected chi connectivity index (χ4v) is 8.42. The van der Waals surface area contributed by atoms with Gasteiger partial charge in [-0.25, -0.2) is 4.79 Å². The molecule has 1 heterocycles. The highest BCUT2D eigenvalue weighted by Crippen LogP contribution is 2.60. The topological polar surface area (TPSA) is 58.6 Å². The number of ether oxygens (including phenoxy) is 1. The molecule has 170 valence electrons. The van der Waals surface area contributed by atoms with Gasteiger partial charge in [-0.15, -0.1) is 0 Å². The molecule has 0 spiro atoms. The molecule has 1 N–H and O–H groups in total. The summed E-state index contributed by atoms with van der Waals surface area (Å²) in [7, 11) is -2.18. The van der Waals surface area contributed by atoms with E-state index in [1.807, 2.05) is 98.8 Å². The van der Waals surface area contributed by atoms with Crippen LogP contribution in [0.5, 0.6) is 0 Å². The first-order valence-electron chi connectivity index (χ1n) is 10.7. The van der Waals surface area contributed by atoms with E-state index in [-0.39, 0.29) is 5.11 Å². The van der Waals surface area contributed by atoms with Crippen LogP contribution in [0.15, 0.2) is 84.9 Å². The van der Waals surface area contributed by atoms with Crippen molar-refractivity contribution in [2.75, 3.05) is 7.11 Å². The zero-order valence-electron chi connectivity index (χ0n) is 19.1. The Morgan fingerprint density at radius 3 is 1.85 bits per heavy atom. The average Bonchev–Trinajstić information content (AvgIpc) is 3.06. The predicted octanol–water partition coefficient (Wildman–Crippen LogP) is 4.26. The zero-order chi connectivity index (χ0) is 23.9. The largest absolute Gasteiger partial charge is 0.467 e. The van der Waals surface area contributed by atoms with Gasteiger partial charge >= 0.3 is 5.97 Å². The molecule has 0 radical (unpaired) electrons. The molecule has 3 aromatic carbocycles. The molecule has 1 saturated heterocycles. The number of nitrogens with zero attached hydrogens (tertiary/aromatic N) is 1. The first-order chi connectivity index (χ1) is 15.7. The molecule has 2 atom stereocenters. The SMILES string of the molecule is COC(=O)[C@@]1(C)NC(=S)N(P(=O)(c2ccccc2)c2ccccc2)[C@]1(C)c1ccc(C)cc1. The summed E-state index contributed by atoms with van der Waals surface area (Å²) in [5, 5.41) is 4.69. The first kappa shape index (κ1) is 23.2. The number of carbonyl (C=O) groups is 1. The smallest absolute Gasteiger partial charge is 0.334 e. The van der Waals surface area contributed by atoms with E-state index in [1.165, 1.54) is 7.11 Å². The number of aryl methyl sites for hydroxylation is 1. The van der Waals surface area contributed by atoms with Crippen LogP contribution in [0.4, 0.5) is 0 Å². The zero-order valence-corrected chi connectivity index (χ0v) is 20.8. The van der Waals surface area contributed by atoms with Gasteiger partial charge in [0.1, 0.15) is 5.54 Å². The van der Waals surface area contributed by atoms with Crippen molar-refractivity contribution in [1.29, 1.82) is 0 Å². The van der Waals surface area contributed by atoms with E-state index in [0.29, 0.717) is 10.6 Å². The Labute approximate surface area is 200 Å². The molecule has 4 rings (SSSR count). The van der Waals surface area contributed by atoms with Crippen molar-refractivity contribution in [2.45, 2.75) is 31.8 Å². The van der Waals surface area contributed by atoms with Crippen LogP contribution in [-0.4, -0.2) is 28.4 Å². The highest BCUT2D eigenvalue weighted by Gasteiger charge is 2.66. The minimum atomic E-state index is -3.53. The van der Waals surface area contributed by atoms with Gasteiger partial charge < -0.3 is 10.1 Å². The molecule has 3 aromatic rings. The number of thiocarbonyl (C=S) groups is 1. The standard InChI is InChI=1S/C26H27N2O3PS/c1-19-15-17-20(18-16-19)26(3)25(2,23(29)31-4)27-24(33)28(26)32(30,21-11-7-5-8-12-21)22-13-9-6-10-14-22/h5-18H,1-4H3,(H,27,33)/t25-,26-/m1/s1. The molecular weight excluding hydrogens is 451 g/mol. The fourth-order valence-electron chi connectivity index (χ4n) is 4.60. The summed E-state index contributed by atoms with van der Waals surface area (Å²) in [4.78, 5) is 13.2. The summed E-state index contributed by atoms with van der Waals surface area (Å²) in [6, 6.07) is 26.5. The third kappa shape index (κ3) is 3.40. The normalized spacial score (nSPS) is 22.7. The second-order valence-electron chi connectivity index (χ2n) is 8.54. The van der Waals surface area contributed by atoms with Gasteiger partial charge in [0.15, 0.2) is 10.7 Å². The maximum atomic E-state index is 15.3. The van der Waals surface area contributed by atoms with Gasteiger partial charge in [0.25, 0.3) is 0 Å². The molecule has 0 aromatic heterocycles. The van der Waals surface area contributed by atoms with Gasteiger partial charge in [0.05, 0.1) is 7.11 Å². The third-order valence-corrected chi connectivity index (χ3v) is 10.2. The minimum Gasteiger partial charge on any atom is -0.467 e. The molecule has 0 bridgehead atoms. The number of esters is 1. The van der Waals surface area contributed by atoms with E-state index in [9.17, 15) is 4.79 Å². The van der Waals surface area contributed by atoms with Gasteiger partial charge in [-0.05, 0) is 62.8 Å². The van der Waals surface area contributed by atoms with E-state index >= 15 is 4.57 Å². The maximum Gasteiger partial charge on any atom is 0.334 e. The van der Waals surface area contributed by atoms with Gasteiger partial charge in [0, 0.05) is 10.6 Å². The lowest BCUT2D eigenvalue weighted by atomic mass is 9.75. The maximum absolute atomic E-state index is 15.3. The lowest BCUT2D eigenvalue weighted by molar-refractivity contribution is -0.150. The Morgan fingerprint density at radius 1 is 0.909 bits per heavy atom. The second-order valence-corrected chi connectivity index (χ2v) is 11.5. The number of rotatable bonds is 5. The van der Waals surface area contributed by atoms with E-state index in [2.05, 4.69) is 5.32 Å². The van der Waals surface area contributed by atoms with Gasteiger partial charge in [0.2, 0.25) is 7.29 Å². The fraction of sp³-hybridized carbons (Fsp3) is 0.231. The van der Waals surface area contributed by atoms with Crippen LogP contribution in [-0.2, 0) is 19.6 Å². The van der Waals surface area contributed by atoms with E-state index in [1.54, 1.807) is 11.6 Å². The Balaban J connectivity index is 2.07. The average molecular weight is 479 g/mol. The van der Waals surface area contributed by atoms with E-state index in [4.69, 9.17) is 17.0 Å². The lowest BCUT2D eigenvalue weighted by Crippen LogP contribution is -2.60. The van der Waals surface area contributed by atoms with Crippen molar-refractivity contribution < 1.29 is 14.1 Å². The summed E-state index contributed by atoms with van der Waals surface area (Å²) < 4.78 is 22.3. The highest BCUT2D eigenvalue weighted by molar-refractivity contribution is 7.83. The van der Waals surface area contributed by atoms with Crippen LogP contribution >= 0.6 is 19.5 Å². The summed E-state index contributed by atoms with van der Waals surface area (Å²) in [6.07, 6.45) is 0. The van der Waals surface area contributed by atoms with Crippen molar-refractivity contribution >= 4 is 41.2 Å². The van der Waals surface area contributed by atoms with Crippen molar-refractivity contribution in [1.82, 2.24) is 9.99 Å². The molecule has 5 nitrogen and oxygen atoms in total. The van der Waals surface area contributed by atoms with Crippen molar-refractivity contribution in [3.8, 4) is 0 Å². The number of nitrogens with one attached hydrogen (secondary N) is 1. The van der Waals surface area contributed by atoms with Crippen molar-refractivity contribution in [2.24, 2.45) is 0 Å².